The van der Waals surface area contributed by atoms with E-state index in [9.17, 15) is 28.4 Å². The molecular weight excluding hydrogens is 865 g/mol. The molecule has 14 nitrogen and oxygen atoms in total. The van der Waals surface area contributed by atoms with Crippen molar-refractivity contribution in [1.29, 1.82) is 0 Å². The third-order valence-corrected chi connectivity index (χ3v) is 13.2. The number of amides is 3. The highest BCUT2D eigenvalue weighted by molar-refractivity contribution is 6.35. The molecule has 4 aromatic carbocycles. The normalized spacial score (nSPS) is 14.8. The van der Waals surface area contributed by atoms with Gasteiger partial charge in [-0.25, -0.2) is 4.39 Å². The number of halogens is 2. The second-order valence-corrected chi connectivity index (χ2v) is 17.2. The minimum absolute atomic E-state index is 0.0184. The van der Waals surface area contributed by atoms with Crippen LogP contribution < -0.4 is 14.8 Å². The fourth-order valence-electron chi connectivity index (χ4n) is 9.50. The summed E-state index contributed by atoms with van der Waals surface area (Å²) in [5.41, 5.74) is 6.31. The Hall–Kier alpha value is -6.42. The van der Waals surface area contributed by atoms with Crippen LogP contribution in [0.15, 0.2) is 66.7 Å². The van der Waals surface area contributed by atoms with Crippen molar-refractivity contribution < 1.29 is 37.8 Å². The van der Waals surface area contributed by atoms with E-state index >= 15 is 0 Å². The number of carbonyl (C=O) groups is 5. The summed E-state index contributed by atoms with van der Waals surface area (Å²) < 4.78 is 30.3. The third kappa shape index (κ3) is 8.94. The van der Waals surface area contributed by atoms with E-state index in [-0.39, 0.29) is 42.1 Å². The molecule has 6 aromatic rings. The maximum atomic E-state index is 13.9. The molecule has 1 saturated heterocycles. The van der Waals surface area contributed by atoms with Gasteiger partial charge in [0.05, 0.1) is 39.7 Å². The lowest BCUT2D eigenvalue weighted by Gasteiger charge is -2.34. The van der Waals surface area contributed by atoms with Gasteiger partial charge < -0.3 is 24.2 Å². The Labute approximate surface area is 387 Å². The summed E-state index contributed by atoms with van der Waals surface area (Å²) in [5.74, 6) is -1.09. The zero-order chi connectivity index (χ0) is 46.6. The van der Waals surface area contributed by atoms with Crippen LogP contribution in [0.4, 0.5) is 4.39 Å². The average Bonchev–Trinajstić information content (AvgIpc) is 3.87. The molecule has 0 bridgehead atoms. The number of benzene rings is 4. The second-order valence-electron chi connectivity index (χ2n) is 16.8. The van der Waals surface area contributed by atoms with Crippen LogP contribution >= 0.6 is 11.6 Å². The average molecular weight is 918 g/mol. The van der Waals surface area contributed by atoms with Gasteiger partial charge in [-0.05, 0) is 86.5 Å². The molecule has 0 spiro atoms. The van der Waals surface area contributed by atoms with Crippen molar-refractivity contribution in [2.24, 2.45) is 7.05 Å². The van der Waals surface area contributed by atoms with Gasteiger partial charge in [0.25, 0.3) is 11.8 Å². The van der Waals surface area contributed by atoms with Crippen LogP contribution in [-0.4, -0.2) is 125 Å². The van der Waals surface area contributed by atoms with Gasteiger partial charge in [-0.1, -0.05) is 35.9 Å². The fourth-order valence-corrected chi connectivity index (χ4v) is 9.75. The molecule has 16 heteroatoms. The van der Waals surface area contributed by atoms with E-state index in [0.29, 0.717) is 61.8 Å². The summed E-state index contributed by atoms with van der Waals surface area (Å²) in [5, 5.41) is 10.3. The van der Waals surface area contributed by atoms with Crippen LogP contribution in [0.25, 0.3) is 32.8 Å². The number of hydrogen-bond acceptors (Lipinski definition) is 10. The van der Waals surface area contributed by atoms with Gasteiger partial charge in [-0.15, -0.1) is 0 Å². The molecule has 2 aliphatic rings. The van der Waals surface area contributed by atoms with Gasteiger partial charge in [0.15, 0.2) is 6.29 Å². The van der Waals surface area contributed by atoms with E-state index in [1.54, 1.807) is 24.3 Å². The lowest BCUT2D eigenvalue weighted by Crippen LogP contribution is -2.48. The number of aryl methyl sites for hydroxylation is 3. The van der Waals surface area contributed by atoms with Crippen molar-refractivity contribution in [3.05, 3.63) is 111 Å². The highest BCUT2D eigenvalue weighted by Crippen LogP contribution is 2.42. The van der Waals surface area contributed by atoms with Crippen molar-refractivity contribution in [3.63, 3.8) is 0 Å². The summed E-state index contributed by atoms with van der Waals surface area (Å²) in [6, 6.07) is 17.9. The number of hydrogen-bond donors (Lipinski definition) is 1. The molecule has 344 valence electrons. The Morgan fingerprint density at radius 2 is 1.58 bits per heavy atom. The molecule has 0 radical (unpaired) electrons. The minimum atomic E-state index is -1.11. The van der Waals surface area contributed by atoms with E-state index in [2.05, 4.69) is 19.7 Å². The summed E-state index contributed by atoms with van der Waals surface area (Å²) in [6.45, 7) is 9.55. The molecule has 2 aliphatic heterocycles. The van der Waals surface area contributed by atoms with E-state index < -0.39 is 23.8 Å². The standard InChI is InChI=1S/C50H53ClFN7O7/c1-31-44(32(2)55(4)54-31)46-39(51)18-17-37-36(11-8-27-65-42-13-5-9-33-29-34(52)15-16-35(33)42)41(30-61)58(47(37)46)24-23-56-19-21-57(22-20-56)25-28-66-43-14-6-10-38-45(43)50(64)59(49(38)63)40(12-7-26-60)48(62)53-3/h5-6,9-10,13-18,26,29-30,40H,7-8,11-12,19-25,27-28H2,1-4H3,(H,53,62). The number of likely N-dealkylation sites (N-methyl/N-ethyl adjacent to an activating group) is 1. The molecule has 1 N–H and O–H groups in total. The number of imide groups is 1. The quantitative estimate of drug-likeness (QED) is 0.0522. The first-order chi connectivity index (χ1) is 31.9. The lowest BCUT2D eigenvalue weighted by atomic mass is 9.98. The van der Waals surface area contributed by atoms with Crippen molar-refractivity contribution in [2.75, 3.05) is 59.5 Å². The topological polar surface area (TPSA) is 148 Å². The number of nitrogens with one attached hydrogen (secondary N) is 1. The van der Waals surface area contributed by atoms with Gasteiger partial charge in [-0.3, -0.25) is 38.6 Å². The number of aromatic nitrogens is 3. The van der Waals surface area contributed by atoms with Gasteiger partial charge in [-0.2, -0.15) is 5.10 Å². The third-order valence-electron chi connectivity index (χ3n) is 12.9. The Morgan fingerprint density at radius 3 is 2.29 bits per heavy atom. The van der Waals surface area contributed by atoms with Crippen molar-refractivity contribution in [3.8, 4) is 22.6 Å². The fraction of sp³-hybridized carbons (Fsp3) is 0.360. The SMILES string of the molecule is CNC(=O)C(CCC=O)N1C(=O)c2cccc(OCCN3CCN(CCn4c(C=O)c(CCCOc5cccc6cc(F)ccc56)c5ccc(Cl)c(-c6c(C)nn(C)c6C)c54)CC3)c2C1=O. The van der Waals surface area contributed by atoms with E-state index in [4.69, 9.17) is 26.2 Å². The molecule has 66 heavy (non-hydrogen) atoms. The van der Waals surface area contributed by atoms with Crippen molar-refractivity contribution >= 4 is 63.6 Å². The maximum absolute atomic E-state index is 13.9. The molecule has 4 heterocycles. The van der Waals surface area contributed by atoms with Gasteiger partial charge >= 0.3 is 0 Å². The predicted molar refractivity (Wildman–Crippen MR) is 250 cm³/mol. The van der Waals surface area contributed by atoms with Gasteiger partial charge in [0.2, 0.25) is 5.91 Å². The number of aldehydes is 2. The van der Waals surface area contributed by atoms with Crippen LogP contribution in [0.1, 0.15) is 67.4 Å². The first-order valence-corrected chi connectivity index (χ1v) is 22.7. The number of rotatable bonds is 19. The van der Waals surface area contributed by atoms with Gasteiger partial charge in [0.1, 0.15) is 36.3 Å². The number of ether oxygens (including phenoxy) is 2. The predicted octanol–water partition coefficient (Wildman–Crippen LogP) is 6.81. The molecule has 1 fully saturated rings. The molecule has 8 rings (SSSR count). The van der Waals surface area contributed by atoms with Crippen molar-refractivity contribution in [2.45, 2.75) is 52.1 Å². The van der Waals surface area contributed by atoms with Gasteiger partial charge in [0, 0.05) is 93.9 Å². The Morgan fingerprint density at radius 1 is 0.864 bits per heavy atom. The largest absolute Gasteiger partial charge is 0.493 e. The first kappa shape index (κ1) is 46.1. The second kappa shape index (κ2) is 20.0. The highest BCUT2D eigenvalue weighted by Gasteiger charge is 2.44. The van der Waals surface area contributed by atoms with Crippen LogP contribution in [0.3, 0.4) is 0 Å². The lowest BCUT2D eigenvalue weighted by molar-refractivity contribution is -0.124. The van der Waals surface area contributed by atoms with E-state index in [0.717, 1.165) is 87.1 Å². The maximum Gasteiger partial charge on any atom is 0.266 e. The van der Waals surface area contributed by atoms with Crippen LogP contribution in [0.2, 0.25) is 5.02 Å². The Balaban J connectivity index is 0.947. The molecular formula is C50H53ClFN7O7. The minimum Gasteiger partial charge on any atom is -0.493 e. The number of carbonyl (C=O) groups excluding carboxylic acids is 5. The zero-order valence-electron chi connectivity index (χ0n) is 37.6. The Bertz CT molecular complexity index is 2850. The molecule has 2 aromatic heterocycles. The molecule has 0 aliphatic carbocycles. The first-order valence-electron chi connectivity index (χ1n) is 22.3. The molecule has 1 unspecified atom stereocenters. The molecule has 1 atom stereocenters. The zero-order valence-corrected chi connectivity index (χ0v) is 38.3. The summed E-state index contributed by atoms with van der Waals surface area (Å²) in [6.07, 6.45) is 2.86. The molecule has 3 amide bonds. The van der Waals surface area contributed by atoms with Crippen LogP contribution in [0, 0.1) is 19.7 Å². The number of nitrogens with zero attached hydrogens (tertiary/aromatic N) is 6. The van der Waals surface area contributed by atoms with E-state index in [1.807, 2.05) is 55.9 Å². The summed E-state index contributed by atoms with van der Waals surface area (Å²) >= 11 is 7.09. The summed E-state index contributed by atoms with van der Waals surface area (Å²) in [4.78, 5) is 69.6. The summed E-state index contributed by atoms with van der Waals surface area (Å²) in [7, 11) is 3.33. The van der Waals surface area contributed by atoms with Crippen molar-refractivity contribution in [1.82, 2.24) is 34.4 Å². The van der Waals surface area contributed by atoms with E-state index in [1.165, 1.54) is 19.2 Å². The van der Waals surface area contributed by atoms with Crippen LogP contribution in [0.5, 0.6) is 11.5 Å². The number of piperazine rings is 1. The smallest absolute Gasteiger partial charge is 0.266 e. The van der Waals surface area contributed by atoms with Crippen LogP contribution in [-0.2, 0) is 29.6 Å². The Kier molecular flexibility index (Phi) is 14.0. The number of fused-ring (bicyclic) bond motifs is 3. The molecule has 0 saturated carbocycles. The monoisotopic (exact) mass is 917 g/mol. The highest BCUT2D eigenvalue weighted by atomic mass is 35.5.